The number of rotatable bonds is 3. The largest absolute Gasteiger partial charge is 0.296 e. The first-order valence-corrected chi connectivity index (χ1v) is 6.14. The highest BCUT2D eigenvalue weighted by molar-refractivity contribution is 5.34. The molecule has 0 radical (unpaired) electrons. The van der Waals surface area contributed by atoms with Gasteiger partial charge < -0.3 is 0 Å². The number of hydrogen-bond acceptors (Lipinski definition) is 3. The molecule has 0 saturated carbocycles. The lowest BCUT2D eigenvalue weighted by Crippen LogP contribution is -2.36. The Labute approximate surface area is 101 Å². The van der Waals surface area contributed by atoms with Crippen molar-refractivity contribution < 1.29 is 4.92 Å². The van der Waals surface area contributed by atoms with Crippen LogP contribution in [0.5, 0.6) is 0 Å². The minimum absolute atomic E-state index is 0.187. The van der Waals surface area contributed by atoms with Crippen LogP contribution in [-0.2, 0) is 6.54 Å². The summed E-state index contributed by atoms with van der Waals surface area (Å²) in [6, 6.07) is 7.55. The summed E-state index contributed by atoms with van der Waals surface area (Å²) in [5.41, 5.74) is 1.22. The van der Waals surface area contributed by atoms with Gasteiger partial charge in [-0.3, -0.25) is 15.0 Å². The van der Waals surface area contributed by atoms with Crippen molar-refractivity contribution in [1.82, 2.24) is 4.90 Å². The molecule has 0 spiro atoms. The first-order valence-electron chi connectivity index (χ1n) is 6.14. The maximum Gasteiger partial charge on any atom is 0.269 e. The Morgan fingerprint density at radius 3 is 3.00 bits per heavy atom. The lowest BCUT2D eigenvalue weighted by Gasteiger charge is -2.33. The van der Waals surface area contributed by atoms with Gasteiger partial charge in [0.25, 0.3) is 5.69 Å². The molecule has 1 fully saturated rings. The van der Waals surface area contributed by atoms with Crippen LogP contribution in [0.25, 0.3) is 0 Å². The average Bonchev–Trinajstić information content (AvgIpc) is 2.32. The maximum atomic E-state index is 10.7. The molecule has 0 amide bonds. The van der Waals surface area contributed by atoms with Gasteiger partial charge >= 0.3 is 0 Å². The number of likely N-dealkylation sites (tertiary alicyclic amines) is 1. The minimum Gasteiger partial charge on any atom is -0.296 e. The van der Waals surface area contributed by atoms with E-state index in [0.717, 1.165) is 18.7 Å². The molecule has 4 nitrogen and oxygen atoms in total. The van der Waals surface area contributed by atoms with Crippen molar-refractivity contribution in [2.75, 3.05) is 6.54 Å². The third kappa shape index (κ3) is 3.03. The van der Waals surface area contributed by atoms with Gasteiger partial charge in [-0.2, -0.15) is 0 Å². The van der Waals surface area contributed by atoms with Crippen LogP contribution in [0.1, 0.15) is 31.7 Å². The molecule has 1 heterocycles. The first kappa shape index (κ1) is 12.0. The van der Waals surface area contributed by atoms with Crippen molar-refractivity contribution in [3.8, 4) is 0 Å². The zero-order valence-electron chi connectivity index (χ0n) is 10.1. The Bertz CT molecular complexity index is 406. The van der Waals surface area contributed by atoms with E-state index in [4.69, 9.17) is 0 Å². The summed E-state index contributed by atoms with van der Waals surface area (Å²) in [5.74, 6) is 0. The second kappa shape index (κ2) is 5.27. The van der Waals surface area contributed by atoms with Crippen LogP contribution < -0.4 is 0 Å². The summed E-state index contributed by atoms with van der Waals surface area (Å²) < 4.78 is 0. The van der Waals surface area contributed by atoms with Crippen LogP contribution >= 0.6 is 0 Å². The average molecular weight is 234 g/mol. The van der Waals surface area contributed by atoms with Gasteiger partial charge in [0.1, 0.15) is 0 Å². The molecule has 1 saturated heterocycles. The van der Waals surface area contributed by atoms with Gasteiger partial charge in [-0.1, -0.05) is 18.6 Å². The molecule has 1 atom stereocenters. The Morgan fingerprint density at radius 1 is 1.47 bits per heavy atom. The Kier molecular flexibility index (Phi) is 3.74. The molecule has 1 aromatic rings. The molecule has 1 aliphatic heterocycles. The predicted molar refractivity (Wildman–Crippen MR) is 66.8 cm³/mol. The Hall–Kier alpha value is -1.42. The summed E-state index contributed by atoms with van der Waals surface area (Å²) >= 11 is 0. The first-order chi connectivity index (χ1) is 8.16. The van der Waals surface area contributed by atoms with Crippen molar-refractivity contribution in [2.45, 2.75) is 38.8 Å². The number of nitro groups is 1. The Balaban J connectivity index is 2.07. The fraction of sp³-hybridized carbons (Fsp3) is 0.538. The highest BCUT2D eigenvalue weighted by Gasteiger charge is 2.18. The van der Waals surface area contributed by atoms with Gasteiger partial charge in [-0.25, -0.2) is 0 Å². The summed E-state index contributed by atoms with van der Waals surface area (Å²) in [6.45, 7) is 4.16. The number of nitrogens with zero attached hydrogens (tertiary/aromatic N) is 2. The third-order valence-electron chi connectivity index (χ3n) is 3.45. The number of benzene rings is 1. The van der Waals surface area contributed by atoms with Crippen LogP contribution in [-0.4, -0.2) is 22.4 Å². The zero-order valence-corrected chi connectivity index (χ0v) is 10.1. The molecule has 17 heavy (non-hydrogen) atoms. The van der Waals surface area contributed by atoms with Crippen molar-refractivity contribution >= 4 is 5.69 Å². The van der Waals surface area contributed by atoms with E-state index in [0.29, 0.717) is 6.04 Å². The van der Waals surface area contributed by atoms with Crippen molar-refractivity contribution in [3.05, 3.63) is 39.9 Å². The smallest absolute Gasteiger partial charge is 0.269 e. The third-order valence-corrected chi connectivity index (χ3v) is 3.45. The molecule has 0 aromatic heterocycles. The van der Waals surface area contributed by atoms with E-state index in [1.54, 1.807) is 18.2 Å². The normalized spacial score (nSPS) is 21.4. The molecule has 1 aliphatic rings. The van der Waals surface area contributed by atoms with Crippen LogP contribution in [0.15, 0.2) is 24.3 Å². The van der Waals surface area contributed by atoms with E-state index in [9.17, 15) is 10.1 Å². The van der Waals surface area contributed by atoms with Gasteiger partial charge in [0.2, 0.25) is 0 Å². The quantitative estimate of drug-likeness (QED) is 0.596. The summed E-state index contributed by atoms with van der Waals surface area (Å²) in [7, 11) is 0. The molecule has 1 aromatic carbocycles. The standard InChI is InChI=1S/C13H18N2O2/c1-11-5-2-3-8-14(11)10-12-6-4-7-13(9-12)15(16)17/h4,6-7,9,11H,2-3,5,8,10H2,1H3. The van der Waals surface area contributed by atoms with Gasteiger partial charge in [0.05, 0.1) is 4.92 Å². The minimum atomic E-state index is -0.330. The molecule has 0 bridgehead atoms. The number of non-ortho nitro benzene ring substituents is 1. The van der Waals surface area contributed by atoms with E-state index < -0.39 is 0 Å². The van der Waals surface area contributed by atoms with Crippen molar-refractivity contribution in [3.63, 3.8) is 0 Å². The highest BCUT2D eigenvalue weighted by Crippen LogP contribution is 2.21. The molecule has 4 heteroatoms. The fourth-order valence-corrected chi connectivity index (χ4v) is 2.40. The second-order valence-electron chi connectivity index (χ2n) is 4.74. The van der Waals surface area contributed by atoms with Crippen LogP contribution in [0.3, 0.4) is 0 Å². The van der Waals surface area contributed by atoms with E-state index >= 15 is 0 Å². The molecule has 92 valence electrons. The van der Waals surface area contributed by atoms with Gasteiger partial charge in [0, 0.05) is 24.7 Å². The topological polar surface area (TPSA) is 46.4 Å². The number of piperidine rings is 1. The van der Waals surface area contributed by atoms with Gasteiger partial charge in [0.15, 0.2) is 0 Å². The van der Waals surface area contributed by atoms with Crippen LogP contribution in [0.4, 0.5) is 5.69 Å². The molecule has 1 unspecified atom stereocenters. The SMILES string of the molecule is CC1CCCCN1Cc1cccc([N+](=O)[O-])c1. The van der Waals surface area contributed by atoms with Gasteiger partial charge in [-0.05, 0) is 31.9 Å². The number of nitro benzene ring substituents is 1. The lowest BCUT2D eigenvalue weighted by molar-refractivity contribution is -0.384. The second-order valence-corrected chi connectivity index (χ2v) is 4.74. The van der Waals surface area contributed by atoms with E-state index in [2.05, 4.69) is 11.8 Å². The molecular weight excluding hydrogens is 216 g/mol. The summed E-state index contributed by atoms with van der Waals surface area (Å²) in [6.07, 6.45) is 3.76. The lowest BCUT2D eigenvalue weighted by atomic mass is 10.0. The fourth-order valence-electron chi connectivity index (χ4n) is 2.40. The Morgan fingerprint density at radius 2 is 2.29 bits per heavy atom. The molecule has 0 aliphatic carbocycles. The molecular formula is C13H18N2O2. The number of hydrogen-bond donors (Lipinski definition) is 0. The summed E-state index contributed by atoms with van der Waals surface area (Å²) in [4.78, 5) is 12.8. The van der Waals surface area contributed by atoms with Crippen LogP contribution in [0.2, 0.25) is 0 Å². The van der Waals surface area contributed by atoms with E-state index in [-0.39, 0.29) is 10.6 Å². The van der Waals surface area contributed by atoms with Crippen molar-refractivity contribution in [1.29, 1.82) is 0 Å². The zero-order chi connectivity index (χ0) is 12.3. The van der Waals surface area contributed by atoms with E-state index in [1.165, 1.54) is 19.3 Å². The van der Waals surface area contributed by atoms with Crippen molar-refractivity contribution in [2.24, 2.45) is 0 Å². The molecule has 2 rings (SSSR count). The predicted octanol–water partition coefficient (Wildman–Crippen LogP) is 2.97. The highest BCUT2D eigenvalue weighted by atomic mass is 16.6. The van der Waals surface area contributed by atoms with E-state index in [1.807, 2.05) is 6.07 Å². The monoisotopic (exact) mass is 234 g/mol. The van der Waals surface area contributed by atoms with Gasteiger partial charge in [-0.15, -0.1) is 0 Å². The summed E-state index contributed by atoms with van der Waals surface area (Å²) in [5, 5.41) is 10.7. The molecule has 0 N–H and O–H groups in total. The van der Waals surface area contributed by atoms with Crippen LogP contribution in [0, 0.1) is 10.1 Å². The maximum absolute atomic E-state index is 10.7.